The lowest BCUT2D eigenvalue weighted by atomic mass is 10.2. The lowest BCUT2D eigenvalue weighted by Gasteiger charge is -2.31. The molecule has 1 aliphatic heterocycles. The van der Waals surface area contributed by atoms with E-state index in [1.54, 1.807) is 24.1 Å². The molecule has 0 bridgehead atoms. The number of hydrogen-bond acceptors (Lipinski definition) is 4. The van der Waals surface area contributed by atoms with Crippen LogP contribution in [0.25, 0.3) is 0 Å². The monoisotopic (exact) mass is 255 g/mol. The first-order chi connectivity index (χ1) is 7.84. The number of carbonyl (C=O) groups is 1. The molecule has 0 radical (unpaired) electrons. The third-order valence-electron chi connectivity index (χ3n) is 2.92. The summed E-state index contributed by atoms with van der Waals surface area (Å²) in [5.74, 6) is -1.30. The van der Waals surface area contributed by atoms with Crippen molar-refractivity contribution in [3.63, 3.8) is 0 Å². The second-order valence-electron chi connectivity index (χ2n) is 4.22. The van der Waals surface area contributed by atoms with Gasteiger partial charge in [-0.15, -0.1) is 0 Å². The molecule has 0 saturated heterocycles. The fourth-order valence-electron chi connectivity index (χ4n) is 1.98. The van der Waals surface area contributed by atoms with Crippen molar-refractivity contribution in [1.29, 1.82) is 0 Å². The summed E-state index contributed by atoms with van der Waals surface area (Å²) in [5, 5.41) is 7.58. The van der Waals surface area contributed by atoms with Crippen molar-refractivity contribution in [2.45, 2.75) is 17.1 Å². The lowest BCUT2D eigenvalue weighted by molar-refractivity contribution is -0.136. The van der Waals surface area contributed by atoms with Crippen LogP contribution in [0.2, 0.25) is 0 Å². The molecule has 92 valence electrons. The zero-order chi connectivity index (χ0) is 12.8. The van der Waals surface area contributed by atoms with Gasteiger partial charge >= 0.3 is 5.97 Å². The van der Waals surface area contributed by atoms with E-state index in [0.29, 0.717) is 5.69 Å². The van der Waals surface area contributed by atoms with Crippen LogP contribution in [-0.2, 0) is 14.6 Å². The van der Waals surface area contributed by atoms with Crippen LogP contribution in [0.1, 0.15) is 5.56 Å². The van der Waals surface area contributed by atoms with Gasteiger partial charge in [0, 0.05) is 13.6 Å². The maximum atomic E-state index is 12.1. The topological polar surface area (TPSA) is 74.7 Å². The number of aryl methyl sites for hydroxylation is 1. The van der Waals surface area contributed by atoms with Crippen LogP contribution in [0, 0.1) is 6.92 Å². The molecule has 1 heterocycles. The molecular weight excluding hydrogens is 242 g/mol. The normalized spacial score (nSPS) is 22.0. The lowest BCUT2D eigenvalue weighted by Crippen LogP contribution is -2.45. The summed E-state index contributed by atoms with van der Waals surface area (Å²) in [7, 11) is -2.08. The van der Waals surface area contributed by atoms with Gasteiger partial charge < -0.3 is 10.0 Å². The summed E-state index contributed by atoms with van der Waals surface area (Å²) in [6, 6.07) is 4.91. The van der Waals surface area contributed by atoms with Crippen molar-refractivity contribution in [3.05, 3.63) is 23.8 Å². The van der Waals surface area contributed by atoms with Crippen LogP contribution in [-0.4, -0.2) is 38.3 Å². The van der Waals surface area contributed by atoms with E-state index in [4.69, 9.17) is 5.11 Å². The molecule has 0 fully saturated rings. The Labute approximate surface area is 99.6 Å². The van der Waals surface area contributed by atoms with Crippen molar-refractivity contribution in [3.8, 4) is 0 Å². The molecule has 5 nitrogen and oxygen atoms in total. The molecule has 1 aromatic rings. The Bertz CT molecular complexity index is 579. The Morgan fingerprint density at radius 3 is 2.71 bits per heavy atom. The number of carboxylic acids is 1. The van der Waals surface area contributed by atoms with Crippen LogP contribution >= 0.6 is 0 Å². The fourth-order valence-corrected chi connectivity index (χ4v) is 3.73. The first kappa shape index (κ1) is 11.9. The second-order valence-corrected chi connectivity index (χ2v) is 6.32. The molecule has 1 aliphatic rings. The number of fused-ring (bicyclic) bond motifs is 1. The first-order valence-electron chi connectivity index (χ1n) is 5.12. The molecule has 0 spiro atoms. The Morgan fingerprint density at radius 2 is 2.12 bits per heavy atom. The fraction of sp³-hybridized carbons (Fsp3) is 0.364. The molecule has 1 unspecified atom stereocenters. The SMILES string of the molecule is Cc1ccc2c(c1)N(C)CC(C(=O)O)S2(=O)=O. The highest BCUT2D eigenvalue weighted by atomic mass is 32.2. The van der Waals surface area contributed by atoms with Gasteiger partial charge in [-0.2, -0.15) is 0 Å². The van der Waals surface area contributed by atoms with Gasteiger partial charge in [0.15, 0.2) is 15.1 Å². The smallest absolute Gasteiger partial charge is 0.324 e. The van der Waals surface area contributed by atoms with E-state index in [9.17, 15) is 13.2 Å². The van der Waals surface area contributed by atoms with Crippen LogP contribution in [0.5, 0.6) is 0 Å². The molecular formula is C11H13NO4S. The number of aliphatic carboxylic acids is 1. The largest absolute Gasteiger partial charge is 0.480 e. The van der Waals surface area contributed by atoms with E-state index in [2.05, 4.69) is 0 Å². The predicted molar refractivity (Wildman–Crippen MR) is 63.1 cm³/mol. The highest BCUT2D eigenvalue weighted by molar-refractivity contribution is 7.93. The predicted octanol–water partition coefficient (Wildman–Crippen LogP) is 0.672. The summed E-state index contributed by atoms with van der Waals surface area (Å²) in [4.78, 5) is 12.8. The minimum atomic E-state index is -3.77. The van der Waals surface area contributed by atoms with E-state index in [1.807, 2.05) is 6.92 Å². The zero-order valence-corrected chi connectivity index (χ0v) is 10.4. The third kappa shape index (κ3) is 1.78. The number of anilines is 1. The van der Waals surface area contributed by atoms with Crippen LogP contribution in [0.15, 0.2) is 23.1 Å². The molecule has 0 aromatic heterocycles. The summed E-state index contributed by atoms with van der Waals surface area (Å²) >= 11 is 0. The summed E-state index contributed by atoms with van der Waals surface area (Å²) in [6.45, 7) is 1.85. The number of sulfone groups is 1. The number of hydrogen-bond donors (Lipinski definition) is 1. The van der Waals surface area contributed by atoms with E-state index in [-0.39, 0.29) is 11.4 Å². The van der Waals surface area contributed by atoms with Gasteiger partial charge in [-0.25, -0.2) is 8.42 Å². The number of benzene rings is 1. The van der Waals surface area contributed by atoms with Crippen molar-refractivity contribution in [2.24, 2.45) is 0 Å². The number of nitrogens with zero attached hydrogens (tertiary/aromatic N) is 1. The molecule has 2 rings (SSSR count). The highest BCUT2D eigenvalue weighted by Gasteiger charge is 2.41. The number of rotatable bonds is 1. The van der Waals surface area contributed by atoms with Crippen molar-refractivity contribution in [2.75, 3.05) is 18.5 Å². The second kappa shape index (κ2) is 3.73. The van der Waals surface area contributed by atoms with Crippen molar-refractivity contribution < 1.29 is 18.3 Å². The number of carboxylic acid groups (broad SMARTS) is 1. The van der Waals surface area contributed by atoms with Crippen molar-refractivity contribution in [1.82, 2.24) is 0 Å². The maximum Gasteiger partial charge on any atom is 0.324 e. The molecule has 1 N–H and O–H groups in total. The molecule has 1 atom stereocenters. The molecule has 17 heavy (non-hydrogen) atoms. The van der Waals surface area contributed by atoms with E-state index in [0.717, 1.165) is 5.56 Å². The van der Waals surface area contributed by atoms with Gasteiger partial charge in [-0.05, 0) is 24.6 Å². The van der Waals surface area contributed by atoms with Crippen LogP contribution in [0.4, 0.5) is 5.69 Å². The first-order valence-corrected chi connectivity index (χ1v) is 6.67. The minimum Gasteiger partial charge on any atom is -0.480 e. The van der Waals surface area contributed by atoms with Crippen LogP contribution in [0.3, 0.4) is 0 Å². The Morgan fingerprint density at radius 1 is 1.47 bits per heavy atom. The van der Waals surface area contributed by atoms with E-state index in [1.165, 1.54) is 6.07 Å². The van der Waals surface area contributed by atoms with E-state index < -0.39 is 21.1 Å². The summed E-state index contributed by atoms with van der Waals surface area (Å²) < 4.78 is 24.2. The quantitative estimate of drug-likeness (QED) is 0.798. The van der Waals surface area contributed by atoms with Crippen LogP contribution < -0.4 is 4.90 Å². The highest BCUT2D eigenvalue weighted by Crippen LogP contribution is 2.33. The Hall–Kier alpha value is -1.56. The van der Waals surface area contributed by atoms with Gasteiger partial charge in [-0.3, -0.25) is 4.79 Å². The molecule has 6 heteroatoms. The molecule has 0 saturated carbocycles. The zero-order valence-electron chi connectivity index (χ0n) is 9.54. The van der Waals surface area contributed by atoms with Crippen molar-refractivity contribution >= 4 is 21.5 Å². The summed E-state index contributed by atoms with van der Waals surface area (Å²) in [6.07, 6.45) is 0. The maximum absolute atomic E-state index is 12.1. The summed E-state index contributed by atoms with van der Waals surface area (Å²) in [5.41, 5.74) is 1.52. The Balaban J connectivity index is 2.67. The molecule has 0 amide bonds. The average molecular weight is 255 g/mol. The van der Waals surface area contributed by atoms with Gasteiger partial charge in [0.1, 0.15) is 0 Å². The third-order valence-corrected chi connectivity index (χ3v) is 4.98. The van der Waals surface area contributed by atoms with E-state index >= 15 is 0 Å². The minimum absolute atomic E-state index is 0.0197. The van der Waals surface area contributed by atoms with Gasteiger partial charge in [0.25, 0.3) is 0 Å². The van der Waals surface area contributed by atoms with Gasteiger partial charge in [0.05, 0.1) is 10.6 Å². The average Bonchev–Trinajstić information content (AvgIpc) is 2.22. The molecule has 0 aliphatic carbocycles. The standard InChI is InChI=1S/C11H13NO4S/c1-7-3-4-9-8(5-7)12(2)6-10(11(13)14)17(9,15)16/h3-5,10H,6H2,1-2H3,(H,13,14). The van der Waals surface area contributed by atoms with Gasteiger partial charge in [0.2, 0.25) is 0 Å². The Kier molecular flexibility index (Phi) is 2.61. The van der Waals surface area contributed by atoms with Gasteiger partial charge in [-0.1, -0.05) is 6.07 Å². The molecule has 1 aromatic carbocycles.